The summed E-state index contributed by atoms with van der Waals surface area (Å²) in [5.74, 6) is 0.616. The highest BCUT2D eigenvalue weighted by atomic mass is 35.5. The highest BCUT2D eigenvalue weighted by molar-refractivity contribution is 8.00. The molecule has 1 aromatic carbocycles. The Hall–Kier alpha value is -0.920. The van der Waals surface area contributed by atoms with E-state index in [1.807, 2.05) is 0 Å². The summed E-state index contributed by atoms with van der Waals surface area (Å²) in [7, 11) is 0. The minimum atomic E-state index is -4.37. The number of carbonyl (C=O) groups excluding carboxylic acids is 1. The second-order valence-corrected chi connectivity index (χ2v) is 6.97. The van der Waals surface area contributed by atoms with E-state index < -0.39 is 11.7 Å². The summed E-state index contributed by atoms with van der Waals surface area (Å²) in [5.41, 5.74) is 5.05. The standard InChI is InChI=1S/C16H21F3N2OS.ClH/c1-11-5-6-21(13(7-11)9-20)15(22)10-23-14-4-2-3-12(8-14)16(17,18)19;/h2-4,8,11,13H,5-7,9-10,20H2,1H3;1H. The molecule has 2 atom stereocenters. The molecule has 0 saturated carbocycles. The summed E-state index contributed by atoms with van der Waals surface area (Å²) in [6.07, 6.45) is -2.54. The maximum absolute atomic E-state index is 12.7. The summed E-state index contributed by atoms with van der Waals surface area (Å²) < 4.78 is 38.1. The number of amides is 1. The van der Waals surface area contributed by atoms with Crippen LogP contribution in [-0.4, -0.2) is 35.7 Å². The third kappa shape index (κ3) is 5.57. The normalized spacial score (nSPS) is 21.3. The summed E-state index contributed by atoms with van der Waals surface area (Å²) in [6, 6.07) is 5.10. The molecule has 24 heavy (non-hydrogen) atoms. The van der Waals surface area contributed by atoms with Crippen LogP contribution < -0.4 is 5.73 Å². The summed E-state index contributed by atoms with van der Waals surface area (Å²) >= 11 is 1.13. The molecule has 1 aliphatic heterocycles. The van der Waals surface area contributed by atoms with Gasteiger partial charge in [0.25, 0.3) is 0 Å². The number of nitrogens with zero attached hydrogens (tertiary/aromatic N) is 1. The zero-order chi connectivity index (χ0) is 17.0. The quantitative estimate of drug-likeness (QED) is 0.805. The Labute approximate surface area is 150 Å². The topological polar surface area (TPSA) is 46.3 Å². The van der Waals surface area contributed by atoms with Gasteiger partial charge >= 0.3 is 6.18 Å². The largest absolute Gasteiger partial charge is 0.416 e. The van der Waals surface area contributed by atoms with Gasteiger partial charge < -0.3 is 10.6 Å². The first-order chi connectivity index (χ1) is 10.8. The lowest BCUT2D eigenvalue weighted by atomic mass is 9.92. The number of carbonyl (C=O) groups is 1. The van der Waals surface area contributed by atoms with Gasteiger partial charge in [-0.15, -0.1) is 24.2 Å². The molecular weight excluding hydrogens is 361 g/mol. The van der Waals surface area contributed by atoms with Crippen LogP contribution in [0.25, 0.3) is 0 Å². The number of benzene rings is 1. The lowest BCUT2D eigenvalue weighted by Crippen LogP contribution is -2.49. The van der Waals surface area contributed by atoms with Gasteiger partial charge in [0.15, 0.2) is 0 Å². The summed E-state index contributed by atoms with van der Waals surface area (Å²) in [4.78, 5) is 14.6. The van der Waals surface area contributed by atoms with Crippen molar-refractivity contribution in [1.29, 1.82) is 0 Å². The molecule has 2 rings (SSSR count). The second kappa shape index (κ2) is 8.97. The van der Waals surface area contributed by atoms with Crippen molar-refractivity contribution in [2.24, 2.45) is 11.7 Å². The van der Waals surface area contributed by atoms with Crippen molar-refractivity contribution < 1.29 is 18.0 Å². The van der Waals surface area contributed by atoms with Gasteiger partial charge in [-0.1, -0.05) is 13.0 Å². The zero-order valence-electron chi connectivity index (χ0n) is 13.4. The number of hydrogen-bond donors (Lipinski definition) is 1. The van der Waals surface area contributed by atoms with Crippen molar-refractivity contribution >= 4 is 30.1 Å². The molecule has 1 heterocycles. The molecule has 2 N–H and O–H groups in total. The summed E-state index contributed by atoms with van der Waals surface area (Å²) in [5, 5.41) is 0. The third-order valence-electron chi connectivity index (χ3n) is 4.09. The molecule has 1 saturated heterocycles. The van der Waals surface area contributed by atoms with E-state index in [1.165, 1.54) is 6.07 Å². The number of rotatable bonds is 4. The molecule has 0 bridgehead atoms. The Balaban J connectivity index is 0.00000288. The van der Waals surface area contributed by atoms with Gasteiger partial charge in [0.2, 0.25) is 5.91 Å². The first kappa shape index (κ1) is 21.1. The van der Waals surface area contributed by atoms with E-state index >= 15 is 0 Å². The zero-order valence-corrected chi connectivity index (χ0v) is 15.0. The monoisotopic (exact) mass is 382 g/mol. The molecular formula is C16H22ClF3N2OS. The molecule has 0 aromatic heterocycles. The minimum absolute atomic E-state index is 0. The smallest absolute Gasteiger partial charge is 0.338 e. The van der Waals surface area contributed by atoms with E-state index in [-0.39, 0.29) is 30.1 Å². The number of halogens is 4. The van der Waals surface area contributed by atoms with Gasteiger partial charge in [-0.25, -0.2) is 0 Å². The first-order valence-electron chi connectivity index (χ1n) is 7.61. The maximum atomic E-state index is 12.7. The van der Waals surface area contributed by atoms with Gasteiger partial charge in [-0.05, 0) is 37.0 Å². The van der Waals surface area contributed by atoms with E-state index in [1.54, 1.807) is 11.0 Å². The maximum Gasteiger partial charge on any atom is 0.416 e. The van der Waals surface area contributed by atoms with Gasteiger partial charge in [-0.2, -0.15) is 13.2 Å². The highest BCUT2D eigenvalue weighted by Crippen LogP contribution is 2.32. The van der Waals surface area contributed by atoms with Crippen molar-refractivity contribution in [2.75, 3.05) is 18.8 Å². The van der Waals surface area contributed by atoms with Crippen LogP contribution in [0.3, 0.4) is 0 Å². The molecule has 1 amide bonds. The van der Waals surface area contributed by atoms with Crippen LogP contribution in [0.15, 0.2) is 29.2 Å². The molecule has 0 spiro atoms. The predicted octanol–water partition coefficient (Wildman–Crippen LogP) is 3.81. The van der Waals surface area contributed by atoms with E-state index in [2.05, 4.69) is 6.92 Å². The highest BCUT2D eigenvalue weighted by Gasteiger charge is 2.31. The number of thioether (sulfide) groups is 1. The van der Waals surface area contributed by atoms with E-state index in [9.17, 15) is 18.0 Å². The molecule has 2 unspecified atom stereocenters. The van der Waals surface area contributed by atoms with E-state index in [4.69, 9.17) is 5.73 Å². The van der Waals surface area contributed by atoms with Gasteiger partial charge in [0, 0.05) is 24.0 Å². The lowest BCUT2D eigenvalue weighted by Gasteiger charge is -2.38. The Bertz CT molecular complexity index is 556. The molecule has 136 valence electrons. The number of alkyl halides is 3. The fourth-order valence-electron chi connectivity index (χ4n) is 2.79. The van der Waals surface area contributed by atoms with Crippen LogP contribution in [0.1, 0.15) is 25.3 Å². The summed E-state index contributed by atoms with van der Waals surface area (Å²) in [6.45, 7) is 3.23. The second-order valence-electron chi connectivity index (χ2n) is 5.92. The first-order valence-corrected chi connectivity index (χ1v) is 8.59. The Kier molecular flexibility index (Phi) is 7.89. The van der Waals surface area contributed by atoms with Crippen LogP contribution in [0, 0.1) is 5.92 Å². The number of likely N-dealkylation sites (tertiary alicyclic amines) is 1. The number of hydrogen-bond acceptors (Lipinski definition) is 3. The number of piperidine rings is 1. The fraction of sp³-hybridized carbons (Fsp3) is 0.562. The van der Waals surface area contributed by atoms with Gasteiger partial charge in [-0.3, -0.25) is 4.79 Å². The van der Waals surface area contributed by atoms with Crippen LogP contribution in [-0.2, 0) is 11.0 Å². The fourth-order valence-corrected chi connectivity index (χ4v) is 3.63. The van der Waals surface area contributed by atoms with E-state index in [0.29, 0.717) is 23.9 Å². The Morgan fingerprint density at radius 2 is 2.12 bits per heavy atom. The van der Waals surface area contributed by atoms with Crippen LogP contribution >= 0.6 is 24.2 Å². The third-order valence-corrected chi connectivity index (χ3v) is 5.07. The van der Waals surface area contributed by atoms with Crippen molar-refractivity contribution in [2.45, 2.75) is 36.9 Å². The average Bonchev–Trinajstić information content (AvgIpc) is 2.52. The average molecular weight is 383 g/mol. The minimum Gasteiger partial charge on any atom is -0.338 e. The predicted molar refractivity (Wildman–Crippen MR) is 92.4 cm³/mol. The Morgan fingerprint density at radius 3 is 2.75 bits per heavy atom. The molecule has 3 nitrogen and oxygen atoms in total. The van der Waals surface area contributed by atoms with Crippen LogP contribution in [0.4, 0.5) is 13.2 Å². The molecule has 0 aliphatic carbocycles. The molecule has 1 aliphatic rings. The number of nitrogens with two attached hydrogens (primary N) is 1. The van der Waals surface area contributed by atoms with Crippen LogP contribution in [0.5, 0.6) is 0 Å². The van der Waals surface area contributed by atoms with E-state index in [0.717, 1.165) is 36.7 Å². The lowest BCUT2D eigenvalue weighted by molar-refractivity contribution is -0.137. The SMILES string of the molecule is CC1CCN(C(=O)CSc2cccc(C(F)(F)F)c2)C(CN)C1.Cl. The molecule has 1 fully saturated rings. The molecule has 0 radical (unpaired) electrons. The van der Waals surface area contributed by atoms with Gasteiger partial charge in [0.05, 0.1) is 11.3 Å². The molecule has 1 aromatic rings. The van der Waals surface area contributed by atoms with Crippen molar-refractivity contribution in [1.82, 2.24) is 4.90 Å². The van der Waals surface area contributed by atoms with Crippen molar-refractivity contribution in [3.8, 4) is 0 Å². The van der Waals surface area contributed by atoms with Crippen molar-refractivity contribution in [3.05, 3.63) is 29.8 Å². The van der Waals surface area contributed by atoms with Crippen LogP contribution in [0.2, 0.25) is 0 Å². The Morgan fingerprint density at radius 1 is 1.42 bits per heavy atom. The van der Waals surface area contributed by atoms with Gasteiger partial charge in [0.1, 0.15) is 0 Å². The van der Waals surface area contributed by atoms with Crippen molar-refractivity contribution in [3.63, 3.8) is 0 Å². The molecule has 8 heteroatoms.